The van der Waals surface area contributed by atoms with Gasteiger partial charge >= 0.3 is 18.1 Å². The van der Waals surface area contributed by atoms with Gasteiger partial charge in [0.1, 0.15) is 0 Å². The van der Waals surface area contributed by atoms with E-state index in [-0.39, 0.29) is 11.9 Å². The molecule has 0 aromatic carbocycles. The van der Waals surface area contributed by atoms with Crippen LogP contribution in [-0.2, 0) is 12.7 Å². The highest BCUT2D eigenvalue weighted by Crippen LogP contribution is 2.32. The summed E-state index contributed by atoms with van der Waals surface area (Å²) in [5.41, 5.74) is 0. The average Bonchev–Trinajstić information content (AvgIpc) is 3.16. The summed E-state index contributed by atoms with van der Waals surface area (Å²) in [5.74, 6) is -1.49. The average molecular weight is 362 g/mol. The van der Waals surface area contributed by atoms with Crippen LogP contribution in [0.2, 0.25) is 0 Å². The molecule has 0 bridgehead atoms. The van der Waals surface area contributed by atoms with Gasteiger partial charge in [0, 0.05) is 25.0 Å². The molecule has 0 atom stereocenters. The second-order valence-corrected chi connectivity index (χ2v) is 6.17. The lowest BCUT2D eigenvalue weighted by atomic mass is 10.4. The predicted molar refractivity (Wildman–Crippen MR) is 82.4 cm³/mol. The fraction of sp³-hybridized carbons (Fsp3) is 0.500. The standard InChI is InChI=1S/C14H17F3N4O2S/c1-4-21(5-2)13(22)20(3)8-9-6-7-10(24-9)11-18-12(23-19-11)14(15,16)17/h6-7H,4-5,8H2,1-3H3. The molecule has 132 valence electrons. The van der Waals surface area contributed by atoms with Crippen molar-refractivity contribution in [2.45, 2.75) is 26.6 Å². The maximum Gasteiger partial charge on any atom is 0.471 e. The van der Waals surface area contributed by atoms with Gasteiger partial charge in [0.25, 0.3) is 0 Å². The van der Waals surface area contributed by atoms with Gasteiger partial charge in [0.2, 0.25) is 5.82 Å². The Morgan fingerprint density at radius 2 is 1.96 bits per heavy atom. The number of nitrogens with zero attached hydrogens (tertiary/aromatic N) is 4. The van der Waals surface area contributed by atoms with Crippen LogP contribution in [0, 0.1) is 0 Å². The van der Waals surface area contributed by atoms with Crippen molar-refractivity contribution in [3.8, 4) is 10.7 Å². The lowest BCUT2D eigenvalue weighted by Crippen LogP contribution is -2.40. The van der Waals surface area contributed by atoms with Crippen LogP contribution in [0.15, 0.2) is 16.7 Å². The van der Waals surface area contributed by atoms with Gasteiger partial charge in [0.05, 0.1) is 11.4 Å². The molecule has 2 heterocycles. The summed E-state index contributed by atoms with van der Waals surface area (Å²) in [5, 5.41) is 3.35. The number of thiophene rings is 1. The normalized spacial score (nSPS) is 11.6. The molecule has 24 heavy (non-hydrogen) atoms. The molecule has 0 aliphatic rings. The number of halogens is 3. The second-order valence-electron chi connectivity index (χ2n) is 5.00. The highest BCUT2D eigenvalue weighted by Gasteiger charge is 2.38. The van der Waals surface area contributed by atoms with Crippen LogP contribution in [0.4, 0.5) is 18.0 Å². The van der Waals surface area contributed by atoms with Crippen LogP contribution in [0.5, 0.6) is 0 Å². The van der Waals surface area contributed by atoms with E-state index in [1.807, 2.05) is 13.8 Å². The van der Waals surface area contributed by atoms with Crippen LogP contribution in [-0.4, -0.2) is 46.1 Å². The van der Waals surface area contributed by atoms with Crippen molar-refractivity contribution in [1.82, 2.24) is 19.9 Å². The zero-order valence-electron chi connectivity index (χ0n) is 13.4. The number of hydrogen-bond acceptors (Lipinski definition) is 5. The van der Waals surface area contributed by atoms with Gasteiger partial charge in [-0.25, -0.2) is 4.79 Å². The van der Waals surface area contributed by atoms with Crippen LogP contribution >= 0.6 is 11.3 Å². The number of hydrogen-bond donors (Lipinski definition) is 0. The third kappa shape index (κ3) is 4.05. The molecule has 0 radical (unpaired) electrons. The Kier molecular flexibility index (Phi) is 5.47. The summed E-state index contributed by atoms with van der Waals surface area (Å²) >= 11 is 1.22. The highest BCUT2D eigenvalue weighted by molar-refractivity contribution is 7.15. The summed E-state index contributed by atoms with van der Waals surface area (Å²) in [7, 11) is 1.68. The minimum absolute atomic E-state index is 0.103. The Bertz CT molecular complexity index is 694. The zero-order chi connectivity index (χ0) is 17.9. The first-order valence-corrected chi connectivity index (χ1v) is 8.07. The van der Waals surface area contributed by atoms with Crippen LogP contribution in [0.3, 0.4) is 0 Å². The number of urea groups is 1. The van der Waals surface area contributed by atoms with E-state index in [0.29, 0.717) is 24.5 Å². The van der Waals surface area contributed by atoms with E-state index in [9.17, 15) is 18.0 Å². The van der Waals surface area contributed by atoms with Crippen molar-refractivity contribution in [3.05, 3.63) is 22.9 Å². The molecule has 2 amide bonds. The van der Waals surface area contributed by atoms with Gasteiger partial charge in [0.15, 0.2) is 0 Å². The monoisotopic (exact) mass is 362 g/mol. The van der Waals surface area contributed by atoms with Gasteiger partial charge in [-0.1, -0.05) is 5.16 Å². The molecule has 0 fully saturated rings. The topological polar surface area (TPSA) is 62.5 Å². The fourth-order valence-electron chi connectivity index (χ4n) is 2.06. The van der Waals surface area contributed by atoms with E-state index in [1.165, 1.54) is 11.3 Å². The highest BCUT2D eigenvalue weighted by atomic mass is 32.1. The van der Waals surface area contributed by atoms with Crippen molar-refractivity contribution < 1.29 is 22.5 Å². The smallest absolute Gasteiger partial charge is 0.329 e. The lowest BCUT2D eigenvalue weighted by Gasteiger charge is -2.25. The van der Waals surface area contributed by atoms with E-state index in [0.717, 1.165) is 4.88 Å². The predicted octanol–water partition coefficient (Wildman–Crippen LogP) is 3.71. The molecule has 2 aromatic heterocycles. The molecule has 0 saturated carbocycles. The maximum atomic E-state index is 12.5. The number of carbonyl (C=O) groups excluding carboxylic acids is 1. The van der Waals surface area contributed by atoms with Crippen molar-refractivity contribution >= 4 is 17.4 Å². The molecule has 0 aliphatic carbocycles. The Balaban J connectivity index is 2.08. The van der Waals surface area contributed by atoms with Crippen LogP contribution in [0.25, 0.3) is 10.7 Å². The van der Waals surface area contributed by atoms with E-state index in [1.54, 1.807) is 29.0 Å². The Morgan fingerprint density at radius 3 is 2.50 bits per heavy atom. The van der Waals surface area contributed by atoms with Gasteiger partial charge in [-0.3, -0.25) is 0 Å². The van der Waals surface area contributed by atoms with Crippen LogP contribution < -0.4 is 0 Å². The summed E-state index contributed by atoms with van der Waals surface area (Å²) in [6.07, 6.45) is -4.66. The SMILES string of the molecule is CCN(CC)C(=O)N(C)Cc1ccc(-c2noc(C(F)(F)F)n2)s1. The molecule has 2 rings (SSSR count). The zero-order valence-corrected chi connectivity index (χ0v) is 14.2. The molecule has 0 N–H and O–H groups in total. The van der Waals surface area contributed by atoms with Gasteiger partial charge in [-0.15, -0.1) is 11.3 Å². The maximum absolute atomic E-state index is 12.5. The molecular weight excluding hydrogens is 345 g/mol. The van der Waals surface area contributed by atoms with Crippen LogP contribution in [0.1, 0.15) is 24.6 Å². The van der Waals surface area contributed by atoms with Gasteiger partial charge < -0.3 is 14.3 Å². The molecule has 0 saturated heterocycles. The first kappa shape index (κ1) is 18.2. The quantitative estimate of drug-likeness (QED) is 0.813. The lowest BCUT2D eigenvalue weighted by molar-refractivity contribution is -0.159. The fourth-order valence-corrected chi connectivity index (χ4v) is 3.05. The van der Waals surface area contributed by atoms with Gasteiger partial charge in [-0.05, 0) is 26.0 Å². The largest absolute Gasteiger partial charge is 0.471 e. The number of rotatable bonds is 5. The summed E-state index contributed by atoms with van der Waals surface area (Å²) in [4.78, 5) is 20.0. The van der Waals surface area contributed by atoms with Crippen molar-refractivity contribution in [2.75, 3.05) is 20.1 Å². The molecule has 10 heteroatoms. The van der Waals surface area contributed by atoms with Crippen molar-refractivity contribution in [1.29, 1.82) is 0 Å². The summed E-state index contributed by atoms with van der Waals surface area (Å²) < 4.78 is 41.7. The van der Waals surface area contributed by atoms with E-state index < -0.39 is 12.1 Å². The Morgan fingerprint density at radius 1 is 1.29 bits per heavy atom. The molecule has 0 unspecified atom stereocenters. The van der Waals surface area contributed by atoms with E-state index in [4.69, 9.17) is 0 Å². The van der Waals surface area contributed by atoms with E-state index in [2.05, 4.69) is 14.7 Å². The number of carbonyl (C=O) groups is 1. The van der Waals surface area contributed by atoms with Crippen molar-refractivity contribution in [3.63, 3.8) is 0 Å². The third-order valence-corrected chi connectivity index (χ3v) is 4.37. The van der Waals surface area contributed by atoms with E-state index >= 15 is 0 Å². The number of aromatic nitrogens is 2. The second kappa shape index (κ2) is 7.20. The number of amides is 2. The molecule has 2 aromatic rings. The number of alkyl halides is 3. The first-order chi connectivity index (χ1) is 11.3. The molecule has 0 spiro atoms. The Hall–Kier alpha value is -2.10. The minimum atomic E-state index is -4.66. The molecular formula is C14H17F3N4O2S. The summed E-state index contributed by atoms with van der Waals surface area (Å²) in [6.45, 7) is 5.36. The molecule has 6 nitrogen and oxygen atoms in total. The van der Waals surface area contributed by atoms with Gasteiger partial charge in [-0.2, -0.15) is 18.2 Å². The third-order valence-electron chi connectivity index (χ3n) is 3.30. The molecule has 0 aliphatic heterocycles. The Labute approximate surface area is 140 Å². The first-order valence-electron chi connectivity index (χ1n) is 7.26. The van der Waals surface area contributed by atoms with Crippen molar-refractivity contribution in [2.24, 2.45) is 0 Å². The summed E-state index contributed by atoms with van der Waals surface area (Å²) in [6, 6.07) is 3.24. The minimum Gasteiger partial charge on any atom is -0.329 e.